The number of urea groups is 2. The van der Waals surface area contributed by atoms with Crippen LogP contribution in [0.15, 0.2) is 0 Å². The van der Waals surface area contributed by atoms with Crippen LogP contribution in [0.25, 0.3) is 0 Å². The highest BCUT2D eigenvalue weighted by molar-refractivity contribution is 5.82. The van der Waals surface area contributed by atoms with E-state index in [2.05, 4.69) is 16.0 Å². The number of carboxylic acids is 1. The normalized spacial score (nSPS) is 11.7. The summed E-state index contributed by atoms with van der Waals surface area (Å²) in [5.74, 6) is -0.919. The highest BCUT2D eigenvalue weighted by Gasteiger charge is 2.20. The van der Waals surface area contributed by atoms with Crippen molar-refractivity contribution in [2.75, 3.05) is 13.1 Å². The standard InChI is InChI=1S/C10H20N4O4/c1-6(2)5-7(8(15)16)14-10(18)13-4-3-12-9(11)17/h6-7H,3-5H2,1-2H3,(H,15,16)(H3,11,12,17)(H2,13,14,18). The minimum atomic E-state index is -1.07. The van der Waals surface area contributed by atoms with Gasteiger partial charge in [-0.2, -0.15) is 0 Å². The molecule has 0 aromatic rings. The van der Waals surface area contributed by atoms with Crippen molar-refractivity contribution in [1.29, 1.82) is 0 Å². The van der Waals surface area contributed by atoms with Gasteiger partial charge in [-0.3, -0.25) is 0 Å². The number of nitrogens with one attached hydrogen (secondary N) is 3. The lowest BCUT2D eigenvalue weighted by molar-refractivity contribution is -0.139. The molecule has 1 atom stereocenters. The maximum atomic E-state index is 11.4. The summed E-state index contributed by atoms with van der Waals surface area (Å²) in [6, 6.07) is -2.19. The Hall–Kier alpha value is -1.99. The Morgan fingerprint density at radius 3 is 2.17 bits per heavy atom. The quantitative estimate of drug-likeness (QED) is 0.393. The minimum absolute atomic E-state index is 0.155. The number of hydrogen-bond donors (Lipinski definition) is 5. The summed E-state index contributed by atoms with van der Waals surface area (Å²) in [4.78, 5) is 32.6. The summed E-state index contributed by atoms with van der Waals surface area (Å²) < 4.78 is 0. The fraction of sp³-hybridized carbons (Fsp3) is 0.700. The topological polar surface area (TPSA) is 134 Å². The first-order chi connectivity index (χ1) is 8.32. The Balaban J connectivity index is 3.95. The molecule has 6 N–H and O–H groups in total. The van der Waals surface area contributed by atoms with Gasteiger partial charge in [-0.25, -0.2) is 14.4 Å². The van der Waals surface area contributed by atoms with Gasteiger partial charge in [0.2, 0.25) is 0 Å². The summed E-state index contributed by atoms with van der Waals surface area (Å²) in [7, 11) is 0. The molecule has 104 valence electrons. The van der Waals surface area contributed by atoms with Crippen LogP contribution in [0, 0.1) is 5.92 Å². The largest absolute Gasteiger partial charge is 0.480 e. The molecule has 8 nitrogen and oxygen atoms in total. The van der Waals surface area contributed by atoms with Gasteiger partial charge in [0.25, 0.3) is 0 Å². The number of nitrogens with two attached hydrogens (primary N) is 1. The summed E-state index contributed by atoms with van der Waals surface area (Å²) >= 11 is 0. The van der Waals surface area contributed by atoms with Crippen LogP contribution in [-0.2, 0) is 4.79 Å². The Kier molecular flexibility index (Phi) is 7.25. The molecular formula is C10H20N4O4. The summed E-state index contributed by atoms with van der Waals surface area (Å²) in [5, 5.41) is 15.9. The monoisotopic (exact) mass is 260 g/mol. The zero-order chi connectivity index (χ0) is 14.1. The lowest BCUT2D eigenvalue weighted by atomic mass is 10.0. The molecule has 0 aliphatic rings. The van der Waals surface area contributed by atoms with Crippen molar-refractivity contribution < 1.29 is 19.5 Å². The van der Waals surface area contributed by atoms with Gasteiger partial charge in [-0.05, 0) is 12.3 Å². The zero-order valence-corrected chi connectivity index (χ0v) is 10.5. The van der Waals surface area contributed by atoms with Crippen molar-refractivity contribution >= 4 is 18.0 Å². The van der Waals surface area contributed by atoms with E-state index in [9.17, 15) is 14.4 Å². The molecule has 0 aliphatic carbocycles. The van der Waals surface area contributed by atoms with Gasteiger partial charge < -0.3 is 26.8 Å². The molecule has 0 saturated heterocycles. The zero-order valence-electron chi connectivity index (χ0n) is 10.5. The summed E-state index contributed by atoms with van der Waals surface area (Å²) in [5.41, 5.74) is 4.83. The number of carbonyl (C=O) groups excluding carboxylic acids is 2. The number of carboxylic acid groups (broad SMARTS) is 1. The molecule has 0 aliphatic heterocycles. The Labute approximate surface area is 105 Å². The first-order valence-electron chi connectivity index (χ1n) is 5.63. The second kappa shape index (κ2) is 8.15. The predicted octanol–water partition coefficient (Wildman–Crippen LogP) is -0.547. The second-order valence-corrected chi connectivity index (χ2v) is 4.21. The molecule has 8 heteroatoms. The number of primary amides is 1. The molecule has 0 heterocycles. The molecule has 0 aromatic heterocycles. The molecule has 0 saturated carbocycles. The van der Waals surface area contributed by atoms with Gasteiger partial charge in [-0.15, -0.1) is 0 Å². The van der Waals surface area contributed by atoms with E-state index in [-0.39, 0.29) is 19.0 Å². The van der Waals surface area contributed by atoms with Crippen LogP contribution >= 0.6 is 0 Å². The number of hydrogen-bond acceptors (Lipinski definition) is 3. The van der Waals surface area contributed by atoms with E-state index in [1.54, 1.807) is 0 Å². The molecule has 0 radical (unpaired) electrons. The van der Waals surface area contributed by atoms with Gasteiger partial charge >= 0.3 is 18.0 Å². The third-order valence-electron chi connectivity index (χ3n) is 2.02. The molecule has 18 heavy (non-hydrogen) atoms. The third-order valence-corrected chi connectivity index (χ3v) is 2.02. The first-order valence-corrected chi connectivity index (χ1v) is 5.63. The van der Waals surface area contributed by atoms with Gasteiger partial charge in [0.05, 0.1) is 0 Å². The van der Waals surface area contributed by atoms with Gasteiger partial charge in [0.15, 0.2) is 0 Å². The van der Waals surface area contributed by atoms with Crippen LogP contribution < -0.4 is 21.7 Å². The van der Waals surface area contributed by atoms with E-state index in [1.807, 2.05) is 13.8 Å². The lowest BCUT2D eigenvalue weighted by Crippen LogP contribution is -2.48. The van der Waals surface area contributed by atoms with Crippen molar-refractivity contribution in [2.24, 2.45) is 11.7 Å². The SMILES string of the molecule is CC(C)CC(NC(=O)NCCNC(N)=O)C(=O)O. The van der Waals surface area contributed by atoms with E-state index in [4.69, 9.17) is 10.8 Å². The number of carbonyl (C=O) groups is 3. The lowest BCUT2D eigenvalue weighted by Gasteiger charge is -2.16. The van der Waals surface area contributed by atoms with Crippen molar-refractivity contribution in [3.05, 3.63) is 0 Å². The first kappa shape index (κ1) is 16.0. The Morgan fingerprint density at radius 1 is 1.17 bits per heavy atom. The van der Waals surface area contributed by atoms with Crippen LogP contribution in [-0.4, -0.2) is 42.3 Å². The van der Waals surface area contributed by atoms with E-state index < -0.39 is 24.1 Å². The summed E-state index contributed by atoms with van der Waals surface area (Å²) in [6.45, 7) is 4.09. The van der Waals surface area contributed by atoms with Crippen molar-refractivity contribution in [3.63, 3.8) is 0 Å². The molecule has 1 unspecified atom stereocenters. The second-order valence-electron chi connectivity index (χ2n) is 4.21. The Bertz CT molecular complexity index is 306. The molecule has 0 rings (SSSR count). The third kappa shape index (κ3) is 8.20. The maximum Gasteiger partial charge on any atom is 0.326 e. The van der Waals surface area contributed by atoms with E-state index in [0.717, 1.165) is 0 Å². The number of aliphatic carboxylic acids is 1. The fourth-order valence-electron chi connectivity index (χ4n) is 1.26. The average Bonchev–Trinajstić information content (AvgIpc) is 2.22. The van der Waals surface area contributed by atoms with Gasteiger partial charge in [0, 0.05) is 13.1 Å². The molecule has 0 fully saturated rings. The predicted molar refractivity (Wildman–Crippen MR) is 65.0 cm³/mol. The summed E-state index contributed by atoms with van der Waals surface area (Å²) in [6.07, 6.45) is 0.349. The Morgan fingerprint density at radius 2 is 1.72 bits per heavy atom. The van der Waals surface area contributed by atoms with Crippen LogP contribution in [0.3, 0.4) is 0 Å². The van der Waals surface area contributed by atoms with Crippen LogP contribution in [0.4, 0.5) is 9.59 Å². The van der Waals surface area contributed by atoms with E-state index in [1.165, 1.54) is 0 Å². The fourth-order valence-corrected chi connectivity index (χ4v) is 1.26. The van der Waals surface area contributed by atoms with Crippen molar-refractivity contribution in [3.8, 4) is 0 Å². The van der Waals surface area contributed by atoms with Crippen molar-refractivity contribution in [2.45, 2.75) is 26.3 Å². The van der Waals surface area contributed by atoms with Crippen LogP contribution in [0.2, 0.25) is 0 Å². The van der Waals surface area contributed by atoms with Gasteiger partial charge in [-0.1, -0.05) is 13.8 Å². The highest BCUT2D eigenvalue weighted by Crippen LogP contribution is 2.04. The molecule has 0 bridgehead atoms. The average molecular weight is 260 g/mol. The number of amides is 4. The van der Waals surface area contributed by atoms with Crippen LogP contribution in [0.1, 0.15) is 20.3 Å². The van der Waals surface area contributed by atoms with Crippen molar-refractivity contribution in [1.82, 2.24) is 16.0 Å². The molecule has 4 amide bonds. The van der Waals surface area contributed by atoms with Gasteiger partial charge in [0.1, 0.15) is 6.04 Å². The van der Waals surface area contributed by atoms with E-state index in [0.29, 0.717) is 6.42 Å². The smallest absolute Gasteiger partial charge is 0.326 e. The minimum Gasteiger partial charge on any atom is -0.480 e. The molecule has 0 spiro atoms. The van der Waals surface area contributed by atoms with E-state index >= 15 is 0 Å². The van der Waals surface area contributed by atoms with Crippen LogP contribution in [0.5, 0.6) is 0 Å². The molecule has 0 aromatic carbocycles. The maximum absolute atomic E-state index is 11.4. The molecular weight excluding hydrogens is 240 g/mol. The highest BCUT2D eigenvalue weighted by atomic mass is 16.4. The number of rotatable bonds is 7.